The van der Waals surface area contributed by atoms with Gasteiger partial charge in [-0.25, -0.2) is 9.59 Å². The van der Waals surface area contributed by atoms with Gasteiger partial charge in [-0.3, -0.25) is 19.1 Å². The zero-order valence-corrected chi connectivity index (χ0v) is 21.9. The third kappa shape index (κ3) is 6.17. The van der Waals surface area contributed by atoms with Crippen molar-refractivity contribution in [3.8, 4) is 0 Å². The second kappa shape index (κ2) is 12.2. The molecule has 39 heavy (non-hydrogen) atoms. The number of methoxy groups -OCH3 is 1. The Labute approximate surface area is 224 Å². The molecule has 0 saturated carbocycles. The fraction of sp³-hybridized carbons (Fsp3) is 0.357. The fourth-order valence-electron chi connectivity index (χ4n) is 4.59. The number of nitrogens with one attached hydrogen (secondary N) is 2. The van der Waals surface area contributed by atoms with E-state index in [1.54, 1.807) is 0 Å². The summed E-state index contributed by atoms with van der Waals surface area (Å²) in [6, 6.07) is 17.6. The molecule has 11 heteroatoms. The minimum absolute atomic E-state index is 0.0641. The van der Waals surface area contributed by atoms with E-state index in [0.29, 0.717) is 0 Å². The van der Waals surface area contributed by atoms with Crippen LogP contribution >= 0.6 is 0 Å². The van der Waals surface area contributed by atoms with Crippen LogP contribution < -0.4 is 16.6 Å². The highest BCUT2D eigenvalue weighted by Crippen LogP contribution is 2.40. The van der Waals surface area contributed by atoms with E-state index < -0.39 is 47.1 Å². The van der Waals surface area contributed by atoms with E-state index >= 15 is 0 Å². The van der Waals surface area contributed by atoms with Gasteiger partial charge in [0, 0.05) is 18.7 Å². The average molecular weight is 538 g/mol. The first-order valence-corrected chi connectivity index (χ1v) is 12.4. The Morgan fingerprint density at radius 2 is 1.64 bits per heavy atom. The third-order valence-corrected chi connectivity index (χ3v) is 6.45. The molecule has 1 amide bonds. The molecule has 11 nitrogen and oxygen atoms in total. The number of esters is 1. The van der Waals surface area contributed by atoms with Gasteiger partial charge >= 0.3 is 11.7 Å². The van der Waals surface area contributed by atoms with E-state index in [1.807, 2.05) is 60.7 Å². The maximum Gasteiger partial charge on any atom is 0.343 e. The molecule has 0 aliphatic carbocycles. The smallest absolute Gasteiger partial charge is 0.343 e. The fourth-order valence-corrected chi connectivity index (χ4v) is 4.59. The predicted octanol–water partition coefficient (Wildman–Crippen LogP) is 1.59. The normalized spacial score (nSPS) is 22.4. The Morgan fingerprint density at radius 3 is 2.23 bits per heavy atom. The predicted molar refractivity (Wildman–Crippen MR) is 140 cm³/mol. The van der Waals surface area contributed by atoms with Gasteiger partial charge in [-0.2, -0.15) is 0 Å². The number of aromatic nitrogens is 2. The number of aromatic amines is 1. The molecular weight excluding hydrogens is 506 g/mol. The number of aryl methyl sites for hydroxylation is 1. The SMILES string of the molecule is COC(=O)[C@]1(COCc2ccccc2)O[C@@H](n2cc(C)c(=O)[nH]c2=O)[C@H](NC(C)=O)[C@@H]1OCc1ccccc1. The van der Waals surface area contributed by atoms with Crippen LogP contribution in [0, 0.1) is 6.92 Å². The van der Waals surface area contributed by atoms with Crippen LogP contribution in [0.5, 0.6) is 0 Å². The van der Waals surface area contributed by atoms with Crippen LogP contribution in [0.4, 0.5) is 0 Å². The number of H-pyrrole nitrogens is 1. The lowest BCUT2D eigenvalue weighted by molar-refractivity contribution is -0.197. The minimum atomic E-state index is -1.88. The van der Waals surface area contributed by atoms with Crippen LogP contribution in [0.1, 0.15) is 29.8 Å². The van der Waals surface area contributed by atoms with Crippen molar-refractivity contribution in [2.45, 2.75) is 51.0 Å². The van der Waals surface area contributed by atoms with Gasteiger partial charge in [0.15, 0.2) is 6.23 Å². The molecule has 2 heterocycles. The van der Waals surface area contributed by atoms with Crippen LogP contribution in [-0.4, -0.2) is 52.9 Å². The summed E-state index contributed by atoms with van der Waals surface area (Å²) in [4.78, 5) is 52.9. The van der Waals surface area contributed by atoms with E-state index in [1.165, 1.54) is 27.2 Å². The monoisotopic (exact) mass is 537 g/mol. The molecule has 0 unspecified atom stereocenters. The van der Waals surface area contributed by atoms with Crippen molar-refractivity contribution in [2.24, 2.45) is 0 Å². The summed E-state index contributed by atoms with van der Waals surface area (Å²) >= 11 is 0. The molecule has 0 spiro atoms. The van der Waals surface area contributed by atoms with Crippen molar-refractivity contribution in [3.05, 3.63) is 104 Å². The van der Waals surface area contributed by atoms with Crippen molar-refractivity contribution < 1.29 is 28.5 Å². The topological polar surface area (TPSA) is 138 Å². The van der Waals surface area contributed by atoms with E-state index in [0.717, 1.165) is 15.7 Å². The minimum Gasteiger partial charge on any atom is -0.467 e. The highest BCUT2D eigenvalue weighted by molar-refractivity contribution is 5.82. The maximum atomic E-state index is 13.4. The molecule has 1 aromatic heterocycles. The summed E-state index contributed by atoms with van der Waals surface area (Å²) in [5.74, 6) is -1.25. The van der Waals surface area contributed by atoms with Crippen LogP contribution in [-0.2, 0) is 41.8 Å². The molecule has 0 radical (unpaired) electrons. The molecule has 3 aromatic rings. The Bertz CT molecular complexity index is 1410. The number of hydrogen-bond donors (Lipinski definition) is 2. The molecule has 206 valence electrons. The Morgan fingerprint density at radius 1 is 1.03 bits per heavy atom. The maximum absolute atomic E-state index is 13.4. The van der Waals surface area contributed by atoms with Gasteiger partial charge in [-0.1, -0.05) is 60.7 Å². The molecule has 1 aliphatic rings. The van der Waals surface area contributed by atoms with Crippen molar-refractivity contribution in [2.75, 3.05) is 13.7 Å². The van der Waals surface area contributed by atoms with Crippen molar-refractivity contribution in [1.82, 2.24) is 14.9 Å². The van der Waals surface area contributed by atoms with Gasteiger partial charge in [0.05, 0.1) is 26.9 Å². The summed E-state index contributed by atoms with van der Waals surface area (Å²) in [6.07, 6.45) is -1.07. The first-order valence-electron chi connectivity index (χ1n) is 12.4. The summed E-state index contributed by atoms with van der Waals surface area (Å²) in [6.45, 7) is 2.74. The van der Waals surface area contributed by atoms with E-state index in [4.69, 9.17) is 18.9 Å². The van der Waals surface area contributed by atoms with Gasteiger partial charge in [-0.05, 0) is 18.1 Å². The third-order valence-electron chi connectivity index (χ3n) is 6.45. The molecular formula is C28H31N3O8. The quantitative estimate of drug-likeness (QED) is 0.372. The molecule has 2 aromatic carbocycles. The lowest BCUT2D eigenvalue weighted by Gasteiger charge is -2.32. The molecule has 1 aliphatic heterocycles. The molecule has 4 atom stereocenters. The van der Waals surface area contributed by atoms with E-state index in [9.17, 15) is 19.2 Å². The number of carbonyl (C=O) groups is 2. The standard InChI is InChI=1S/C28H31N3O8/c1-18-14-31(27(35)30-24(18)33)25-22(29-19(2)32)23(38-16-21-12-8-5-9-13-21)28(39-25,26(34)36-3)17-37-15-20-10-6-4-7-11-20/h4-14,22-23,25H,15-17H2,1-3H3,(H,29,32)(H,30,33,35)/t22-,23+,25-,28-/m1/s1. The number of rotatable bonds is 10. The van der Waals surface area contributed by atoms with Crippen molar-refractivity contribution in [1.29, 1.82) is 0 Å². The Hall–Kier alpha value is -4.06. The molecule has 1 fully saturated rings. The van der Waals surface area contributed by atoms with E-state index in [2.05, 4.69) is 10.3 Å². The summed E-state index contributed by atoms with van der Waals surface area (Å²) in [5.41, 5.74) is -1.31. The van der Waals surface area contributed by atoms with Crippen LogP contribution in [0.2, 0.25) is 0 Å². The van der Waals surface area contributed by atoms with Crippen LogP contribution in [0.3, 0.4) is 0 Å². The highest BCUT2D eigenvalue weighted by atomic mass is 16.6. The average Bonchev–Trinajstić information content (AvgIpc) is 3.23. The van der Waals surface area contributed by atoms with Crippen molar-refractivity contribution >= 4 is 11.9 Å². The highest BCUT2D eigenvalue weighted by Gasteiger charge is 2.63. The number of carbonyl (C=O) groups excluding carboxylic acids is 2. The number of amides is 1. The largest absolute Gasteiger partial charge is 0.467 e. The van der Waals surface area contributed by atoms with Crippen molar-refractivity contribution in [3.63, 3.8) is 0 Å². The first-order chi connectivity index (χ1) is 18.7. The van der Waals surface area contributed by atoms with Gasteiger partial charge in [0.1, 0.15) is 12.1 Å². The Balaban J connectivity index is 1.78. The van der Waals surface area contributed by atoms with Gasteiger partial charge < -0.3 is 24.3 Å². The van der Waals surface area contributed by atoms with E-state index in [-0.39, 0.29) is 25.4 Å². The van der Waals surface area contributed by atoms with Gasteiger partial charge in [-0.15, -0.1) is 0 Å². The lowest BCUT2D eigenvalue weighted by Crippen LogP contribution is -2.57. The molecule has 2 N–H and O–H groups in total. The molecule has 4 rings (SSSR count). The molecule has 0 bridgehead atoms. The summed E-state index contributed by atoms with van der Waals surface area (Å²) in [7, 11) is 1.20. The second-order valence-electron chi connectivity index (χ2n) is 9.29. The number of benzene rings is 2. The zero-order chi connectivity index (χ0) is 28.0. The number of hydrogen-bond acceptors (Lipinski definition) is 8. The first kappa shape index (κ1) is 28.0. The van der Waals surface area contributed by atoms with Crippen LogP contribution in [0.15, 0.2) is 76.4 Å². The van der Waals surface area contributed by atoms with Gasteiger partial charge in [0.25, 0.3) is 5.56 Å². The zero-order valence-electron chi connectivity index (χ0n) is 21.9. The lowest BCUT2D eigenvalue weighted by atomic mass is 9.93. The summed E-state index contributed by atoms with van der Waals surface area (Å²) in [5, 5.41) is 2.78. The second-order valence-corrected chi connectivity index (χ2v) is 9.29. The molecule has 1 saturated heterocycles. The van der Waals surface area contributed by atoms with Gasteiger partial charge in [0.2, 0.25) is 11.5 Å². The Kier molecular flexibility index (Phi) is 8.75. The summed E-state index contributed by atoms with van der Waals surface area (Å²) < 4.78 is 24.8. The number of ether oxygens (including phenoxy) is 4. The number of nitrogens with zero attached hydrogens (tertiary/aromatic N) is 1. The van der Waals surface area contributed by atoms with Crippen LogP contribution in [0.25, 0.3) is 0 Å².